The molecule has 0 amide bonds. The van der Waals surface area contributed by atoms with Gasteiger partial charge in [0.25, 0.3) is 0 Å². The molecule has 2 heterocycles. The summed E-state index contributed by atoms with van der Waals surface area (Å²) in [6.07, 6.45) is 5.80. The standard InChI is InChI=1S/C10H17NO/c1-2-9-4-7-11-6-3-5-10(9,11)8-12/h4,12H,2-3,5-8H2,1H3. The molecule has 0 aromatic rings. The molecule has 0 aromatic carbocycles. The highest BCUT2D eigenvalue weighted by atomic mass is 16.3. The maximum absolute atomic E-state index is 9.45. The summed E-state index contributed by atoms with van der Waals surface area (Å²) in [6.45, 7) is 4.72. The smallest absolute Gasteiger partial charge is 0.0657 e. The number of rotatable bonds is 2. The van der Waals surface area contributed by atoms with Crippen LogP contribution in [0.3, 0.4) is 0 Å². The lowest BCUT2D eigenvalue weighted by molar-refractivity contribution is 0.114. The molecule has 1 unspecified atom stereocenters. The maximum Gasteiger partial charge on any atom is 0.0657 e. The molecule has 68 valence electrons. The van der Waals surface area contributed by atoms with Crippen molar-refractivity contribution in [1.82, 2.24) is 4.90 Å². The van der Waals surface area contributed by atoms with E-state index in [0.717, 1.165) is 19.4 Å². The largest absolute Gasteiger partial charge is 0.394 e. The molecular weight excluding hydrogens is 150 g/mol. The predicted octanol–water partition coefficient (Wildman–Crippen LogP) is 1.16. The third-order valence-corrected chi connectivity index (χ3v) is 3.42. The fourth-order valence-electron chi connectivity index (χ4n) is 2.73. The lowest BCUT2D eigenvalue weighted by Crippen LogP contribution is -2.44. The summed E-state index contributed by atoms with van der Waals surface area (Å²) < 4.78 is 0. The molecule has 2 aliphatic rings. The Hall–Kier alpha value is -0.340. The van der Waals surface area contributed by atoms with E-state index in [2.05, 4.69) is 17.9 Å². The molecule has 0 aromatic heterocycles. The highest BCUT2D eigenvalue weighted by molar-refractivity contribution is 5.28. The van der Waals surface area contributed by atoms with Gasteiger partial charge in [-0.1, -0.05) is 18.6 Å². The quantitative estimate of drug-likeness (QED) is 0.624. The van der Waals surface area contributed by atoms with Crippen LogP contribution in [0.2, 0.25) is 0 Å². The molecule has 2 nitrogen and oxygen atoms in total. The van der Waals surface area contributed by atoms with Gasteiger partial charge in [-0.25, -0.2) is 0 Å². The van der Waals surface area contributed by atoms with Crippen LogP contribution in [0.5, 0.6) is 0 Å². The van der Waals surface area contributed by atoms with Gasteiger partial charge in [0.1, 0.15) is 0 Å². The monoisotopic (exact) mass is 167 g/mol. The van der Waals surface area contributed by atoms with Gasteiger partial charge >= 0.3 is 0 Å². The predicted molar refractivity (Wildman–Crippen MR) is 49.0 cm³/mol. The summed E-state index contributed by atoms with van der Waals surface area (Å²) in [5.74, 6) is 0. The lowest BCUT2D eigenvalue weighted by Gasteiger charge is -2.33. The molecule has 2 aliphatic heterocycles. The number of nitrogens with zero attached hydrogens (tertiary/aromatic N) is 1. The molecule has 0 aliphatic carbocycles. The maximum atomic E-state index is 9.45. The van der Waals surface area contributed by atoms with Crippen LogP contribution >= 0.6 is 0 Å². The highest BCUT2D eigenvalue weighted by Gasteiger charge is 2.45. The van der Waals surface area contributed by atoms with Gasteiger partial charge in [-0.15, -0.1) is 0 Å². The van der Waals surface area contributed by atoms with E-state index < -0.39 is 0 Å². The number of hydrogen-bond acceptors (Lipinski definition) is 2. The van der Waals surface area contributed by atoms with Crippen molar-refractivity contribution in [1.29, 1.82) is 0 Å². The van der Waals surface area contributed by atoms with Crippen LogP contribution in [0.25, 0.3) is 0 Å². The summed E-state index contributed by atoms with van der Waals surface area (Å²) in [5, 5.41) is 9.45. The van der Waals surface area contributed by atoms with E-state index in [1.807, 2.05) is 0 Å². The van der Waals surface area contributed by atoms with Crippen LogP contribution in [0.15, 0.2) is 11.6 Å². The summed E-state index contributed by atoms with van der Waals surface area (Å²) in [5.41, 5.74) is 1.52. The van der Waals surface area contributed by atoms with Crippen molar-refractivity contribution in [3.05, 3.63) is 11.6 Å². The molecule has 2 heteroatoms. The third kappa shape index (κ3) is 0.882. The van der Waals surface area contributed by atoms with E-state index in [4.69, 9.17) is 0 Å². The first-order valence-electron chi connectivity index (χ1n) is 4.89. The zero-order valence-corrected chi connectivity index (χ0v) is 7.71. The molecule has 0 spiro atoms. The van der Waals surface area contributed by atoms with Crippen molar-refractivity contribution in [3.63, 3.8) is 0 Å². The minimum Gasteiger partial charge on any atom is -0.394 e. The molecule has 2 rings (SSSR count). The molecular formula is C10H17NO. The van der Waals surface area contributed by atoms with Gasteiger partial charge < -0.3 is 5.11 Å². The minimum absolute atomic E-state index is 0.0642. The second-order valence-electron chi connectivity index (χ2n) is 3.82. The van der Waals surface area contributed by atoms with Crippen LogP contribution in [0.1, 0.15) is 26.2 Å². The molecule has 1 saturated heterocycles. The zero-order chi connectivity index (χ0) is 8.60. The van der Waals surface area contributed by atoms with E-state index in [0.29, 0.717) is 6.61 Å². The average molecular weight is 167 g/mol. The van der Waals surface area contributed by atoms with Crippen LogP contribution < -0.4 is 0 Å². The van der Waals surface area contributed by atoms with E-state index >= 15 is 0 Å². The Labute approximate surface area is 73.9 Å². The first-order chi connectivity index (χ1) is 5.83. The molecule has 1 fully saturated rings. The Morgan fingerprint density at radius 2 is 2.50 bits per heavy atom. The Morgan fingerprint density at radius 3 is 3.17 bits per heavy atom. The fraction of sp³-hybridized carbons (Fsp3) is 0.800. The van der Waals surface area contributed by atoms with E-state index in [1.54, 1.807) is 0 Å². The summed E-state index contributed by atoms with van der Waals surface area (Å²) >= 11 is 0. The average Bonchev–Trinajstić information content (AvgIpc) is 2.60. The molecule has 12 heavy (non-hydrogen) atoms. The first kappa shape index (κ1) is 8.27. The van der Waals surface area contributed by atoms with Gasteiger partial charge in [0, 0.05) is 6.54 Å². The van der Waals surface area contributed by atoms with Gasteiger partial charge in [0.2, 0.25) is 0 Å². The minimum atomic E-state index is 0.0642. The highest BCUT2D eigenvalue weighted by Crippen LogP contribution is 2.40. The third-order valence-electron chi connectivity index (χ3n) is 3.42. The van der Waals surface area contributed by atoms with E-state index in [-0.39, 0.29) is 5.54 Å². The number of fused-ring (bicyclic) bond motifs is 1. The molecule has 1 atom stereocenters. The van der Waals surface area contributed by atoms with Crippen molar-refractivity contribution in [2.45, 2.75) is 31.7 Å². The van der Waals surface area contributed by atoms with Crippen molar-refractivity contribution in [2.75, 3.05) is 19.7 Å². The summed E-state index contributed by atoms with van der Waals surface area (Å²) in [4.78, 5) is 2.42. The summed E-state index contributed by atoms with van der Waals surface area (Å²) in [7, 11) is 0. The normalized spacial score (nSPS) is 35.3. The molecule has 0 bridgehead atoms. The van der Waals surface area contributed by atoms with Crippen molar-refractivity contribution >= 4 is 0 Å². The van der Waals surface area contributed by atoms with Crippen molar-refractivity contribution < 1.29 is 5.11 Å². The Kier molecular flexibility index (Phi) is 1.97. The van der Waals surface area contributed by atoms with Gasteiger partial charge in [-0.2, -0.15) is 0 Å². The Balaban J connectivity index is 2.27. The fourth-order valence-corrected chi connectivity index (χ4v) is 2.73. The lowest BCUT2D eigenvalue weighted by atomic mass is 9.88. The second-order valence-corrected chi connectivity index (χ2v) is 3.82. The van der Waals surface area contributed by atoms with Crippen LogP contribution in [-0.2, 0) is 0 Å². The number of aliphatic hydroxyl groups excluding tert-OH is 1. The number of hydrogen-bond donors (Lipinski definition) is 1. The molecule has 1 N–H and O–H groups in total. The summed E-state index contributed by atoms with van der Waals surface area (Å²) in [6, 6.07) is 0. The van der Waals surface area contributed by atoms with E-state index in [9.17, 15) is 5.11 Å². The van der Waals surface area contributed by atoms with Crippen LogP contribution in [0.4, 0.5) is 0 Å². The molecule has 0 radical (unpaired) electrons. The zero-order valence-electron chi connectivity index (χ0n) is 7.71. The van der Waals surface area contributed by atoms with Crippen LogP contribution in [0, 0.1) is 0 Å². The van der Waals surface area contributed by atoms with E-state index in [1.165, 1.54) is 18.5 Å². The molecule has 0 saturated carbocycles. The van der Waals surface area contributed by atoms with Gasteiger partial charge in [-0.3, -0.25) is 4.90 Å². The SMILES string of the molecule is CCC1=CCN2CCCC12CO. The topological polar surface area (TPSA) is 23.5 Å². The van der Waals surface area contributed by atoms with Crippen molar-refractivity contribution in [3.8, 4) is 0 Å². The first-order valence-corrected chi connectivity index (χ1v) is 4.89. The second kappa shape index (κ2) is 2.86. The van der Waals surface area contributed by atoms with Gasteiger partial charge in [0.15, 0.2) is 0 Å². The number of aliphatic hydroxyl groups is 1. The van der Waals surface area contributed by atoms with Crippen molar-refractivity contribution in [2.24, 2.45) is 0 Å². The van der Waals surface area contributed by atoms with Gasteiger partial charge in [0.05, 0.1) is 12.1 Å². The Morgan fingerprint density at radius 1 is 1.67 bits per heavy atom. The Bertz CT molecular complexity index is 212. The van der Waals surface area contributed by atoms with Gasteiger partial charge in [-0.05, 0) is 25.8 Å². The van der Waals surface area contributed by atoms with Crippen LogP contribution in [-0.4, -0.2) is 35.2 Å².